The van der Waals surface area contributed by atoms with Gasteiger partial charge in [0.05, 0.1) is 6.04 Å². The van der Waals surface area contributed by atoms with E-state index in [2.05, 4.69) is 0 Å². The van der Waals surface area contributed by atoms with Crippen molar-refractivity contribution in [1.82, 2.24) is 0 Å². The normalized spacial score (nSPS) is 17.5. The number of halogens is 3. The third-order valence-corrected chi connectivity index (χ3v) is 3.79. The van der Waals surface area contributed by atoms with Crippen LogP contribution < -0.4 is 4.90 Å². The number of rotatable bonds is 1. The summed E-state index contributed by atoms with van der Waals surface area (Å²) >= 11 is 0. The minimum Gasteiger partial charge on any atom is -0.293 e. The predicted octanol–water partition coefficient (Wildman–Crippen LogP) is 4.44. The highest BCUT2D eigenvalue weighted by Crippen LogP contribution is 2.37. The van der Waals surface area contributed by atoms with Gasteiger partial charge >= 0.3 is 12.1 Å². The molecule has 0 bridgehead atoms. The second-order valence-electron chi connectivity index (χ2n) is 5.29. The molecular formula is C18H14F3NO. The Morgan fingerprint density at radius 1 is 1.00 bits per heavy atom. The van der Waals surface area contributed by atoms with E-state index in [4.69, 9.17) is 0 Å². The Bertz CT molecular complexity index is 737. The highest BCUT2D eigenvalue weighted by molar-refractivity contribution is 5.99. The van der Waals surface area contributed by atoms with E-state index in [-0.39, 0.29) is 0 Å². The van der Waals surface area contributed by atoms with Gasteiger partial charge in [-0.2, -0.15) is 13.2 Å². The molecule has 5 heteroatoms. The molecule has 0 N–H and O–H groups in total. The van der Waals surface area contributed by atoms with E-state index in [0.717, 1.165) is 4.90 Å². The summed E-state index contributed by atoms with van der Waals surface area (Å²) < 4.78 is 39.4. The number of allylic oxidation sites excluding steroid dienone is 1. The van der Waals surface area contributed by atoms with Crippen LogP contribution in [0.25, 0.3) is 0 Å². The quantitative estimate of drug-likeness (QED) is 0.712. The Hall–Kier alpha value is -2.56. The first kappa shape index (κ1) is 15.3. The monoisotopic (exact) mass is 317 g/mol. The number of para-hydroxylation sites is 1. The van der Waals surface area contributed by atoms with Gasteiger partial charge < -0.3 is 0 Å². The first-order valence-corrected chi connectivity index (χ1v) is 7.18. The van der Waals surface area contributed by atoms with Crippen molar-refractivity contribution in [1.29, 1.82) is 0 Å². The van der Waals surface area contributed by atoms with Gasteiger partial charge in [0.25, 0.3) is 0 Å². The Morgan fingerprint density at radius 2 is 1.65 bits per heavy atom. The van der Waals surface area contributed by atoms with Crippen LogP contribution in [0.5, 0.6) is 0 Å². The molecule has 0 unspecified atom stereocenters. The molecule has 1 aliphatic rings. The van der Waals surface area contributed by atoms with Crippen LogP contribution in [0.3, 0.4) is 0 Å². The van der Waals surface area contributed by atoms with Gasteiger partial charge in [0, 0.05) is 5.69 Å². The molecule has 0 aliphatic carbocycles. The summed E-state index contributed by atoms with van der Waals surface area (Å²) in [6, 6.07) is 14.6. The molecule has 0 saturated heterocycles. The van der Waals surface area contributed by atoms with Crippen LogP contribution in [0.4, 0.5) is 18.9 Å². The molecule has 1 heterocycles. The molecule has 1 atom stereocenters. The van der Waals surface area contributed by atoms with Gasteiger partial charge in [0.15, 0.2) is 0 Å². The van der Waals surface area contributed by atoms with E-state index in [1.807, 2.05) is 0 Å². The van der Waals surface area contributed by atoms with E-state index >= 15 is 0 Å². The van der Waals surface area contributed by atoms with Crippen LogP contribution in [0.15, 0.2) is 66.7 Å². The lowest BCUT2D eigenvalue weighted by Gasteiger charge is -2.31. The van der Waals surface area contributed by atoms with Crippen LogP contribution in [0, 0.1) is 0 Å². The van der Waals surface area contributed by atoms with Crippen LogP contribution in [-0.2, 0) is 11.2 Å². The fourth-order valence-corrected chi connectivity index (χ4v) is 2.76. The average Bonchev–Trinajstić information content (AvgIpc) is 2.73. The summed E-state index contributed by atoms with van der Waals surface area (Å²) in [7, 11) is 0. The van der Waals surface area contributed by atoms with Crippen molar-refractivity contribution in [2.45, 2.75) is 18.6 Å². The first-order chi connectivity index (χ1) is 11.0. The maximum absolute atomic E-state index is 13.1. The largest absolute Gasteiger partial charge is 0.471 e. The summed E-state index contributed by atoms with van der Waals surface area (Å²) in [4.78, 5) is 12.9. The number of hydrogen-bond donors (Lipinski definition) is 0. The minimum absolute atomic E-state index is 0.300. The van der Waals surface area contributed by atoms with E-state index in [1.165, 1.54) is 0 Å². The van der Waals surface area contributed by atoms with Gasteiger partial charge in [-0.25, -0.2) is 0 Å². The number of nitrogens with zero attached hydrogens (tertiary/aromatic N) is 1. The lowest BCUT2D eigenvalue weighted by Crippen LogP contribution is -2.43. The molecular weight excluding hydrogens is 303 g/mol. The zero-order chi connectivity index (χ0) is 16.4. The minimum atomic E-state index is -4.93. The van der Waals surface area contributed by atoms with Crippen LogP contribution in [0.1, 0.15) is 17.2 Å². The van der Waals surface area contributed by atoms with Crippen LogP contribution >= 0.6 is 0 Å². The fraction of sp³-hybridized carbons (Fsp3) is 0.167. The standard InChI is InChI=1S/C18H14F3NO/c19-18(20,21)17(23)22-15-11-5-4-9-14(15)10-6-12-16(22)13-7-2-1-3-8-13/h1-9,11-12,16H,10H2/t16-/m0/s1. The molecule has 0 saturated carbocycles. The molecule has 2 aromatic carbocycles. The van der Waals surface area contributed by atoms with Gasteiger partial charge in [0.1, 0.15) is 0 Å². The maximum Gasteiger partial charge on any atom is 0.471 e. The second-order valence-corrected chi connectivity index (χ2v) is 5.29. The Morgan fingerprint density at radius 3 is 2.35 bits per heavy atom. The molecule has 3 rings (SSSR count). The van der Waals surface area contributed by atoms with Gasteiger partial charge in [-0.3, -0.25) is 9.69 Å². The highest BCUT2D eigenvalue weighted by atomic mass is 19.4. The third kappa shape index (κ3) is 2.99. The fourth-order valence-electron chi connectivity index (χ4n) is 2.76. The van der Waals surface area contributed by atoms with Crippen molar-refractivity contribution in [3.05, 3.63) is 77.9 Å². The molecule has 0 fully saturated rings. The number of amides is 1. The van der Waals surface area contributed by atoms with Crippen molar-refractivity contribution in [3.8, 4) is 0 Å². The summed E-state index contributed by atoms with van der Waals surface area (Å²) in [5.41, 5.74) is 1.63. The van der Waals surface area contributed by atoms with Gasteiger partial charge in [-0.05, 0) is 23.6 Å². The lowest BCUT2D eigenvalue weighted by molar-refractivity contribution is -0.170. The SMILES string of the molecule is O=C(N1c2ccccc2CC=C[C@H]1c1ccccc1)C(F)(F)F. The highest BCUT2D eigenvalue weighted by Gasteiger charge is 2.46. The summed E-state index contributed by atoms with van der Waals surface area (Å²) in [5, 5.41) is 0. The van der Waals surface area contributed by atoms with Crippen molar-refractivity contribution < 1.29 is 18.0 Å². The number of alkyl halides is 3. The molecule has 1 aliphatic heterocycles. The average molecular weight is 317 g/mol. The van der Waals surface area contributed by atoms with Crippen LogP contribution in [0.2, 0.25) is 0 Å². The van der Waals surface area contributed by atoms with Gasteiger partial charge in [-0.1, -0.05) is 60.7 Å². The van der Waals surface area contributed by atoms with Gasteiger partial charge in [0.2, 0.25) is 0 Å². The number of carbonyl (C=O) groups is 1. The summed E-state index contributed by atoms with van der Waals surface area (Å²) in [6.07, 6.45) is -0.988. The molecule has 0 spiro atoms. The van der Waals surface area contributed by atoms with Crippen molar-refractivity contribution in [3.63, 3.8) is 0 Å². The number of carbonyl (C=O) groups excluding carboxylic acids is 1. The molecule has 118 valence electrons. The summed E-state index contributed by atoms with van der Waals surface area (Å²) in [5.74, 6) is -1.86. The number of benzene rings is 2. The first-order valence-electron chi connectivity index (χ1n) is 7.18. The molecule has 2 nitrogen and oxygen atoms in total. The lowest BCUT2D eigenvalue weighted by atomic mass is 10.0. The third-order valence-electron chi connectivity index (χ3n) is 3.79. The molecule has 0 aromatic heterocycles. The molecule has 0 radical (unpaired) electrons. The van der Waals surface area contributed by atoms with Crippen molar-refractivity contribution in [2.75, 3.05) is 4.90 Å². The second kappa shape index (κ2) is 5.91. The molecule has 2 aromatic rings. The van der Waals surface area contributed by atoms with Gasteiger partial charge in [-0.15, -0.1) is 0 Å². The van der Waals surface area contributed by atoms with E-state index in [9.17, 15) is 18.0 Å². The van der Waals surface area contributed by atoms with E-state index in [0.29, 0.717) is 23.2 Å². The molecule has 1 amide bonds. The van der Waals surface area contributed by atoms with Crippen molar-refractivity contribution in [2.24, 2.45) is 0 Å². The van der Waals surface area contributed by atoms with E-state index in [1.54, 1.807) is 66.7 Å². The van der Waals surface area contributed by atoms with E-state index < -0.39 is 18.1 Å². The molecule has 23 heavy (non-hydrogen) atoms. The number of fused-ring (bicyclic) bond motifs is 1. The zero-order valence-corrected chi connectivity index (χ0v) is 12.1. The number of anilines is 1. The predicted molar refractivity (Wildman–Crippen MR) is 82.0 cm³/mol. The Kier molecular flexibility index (Phi) is 3.94. The zero-order valence-electron chi connectivity index (χ0n) is 12.1. The Labute approximate surface area is 131 Å². The summed E-state index contributed by atoms with van der Waals surface area (Å²) in [6.45, 7) is 0. The smallest absolute Gasteiger partial charge is 0.293 e. The van der Waals surface area contributed by atoms with Crippen LogP contribution in [-0.4, -0.2) is 12.1 Å². The van der Waals surface area contributed by atoms with Crippen molar-refractivity contribution >= 4 is 11.6 Å². The maximum atomic E-state index is 13.1. The topological polar surface area (TPSA) is 20.3 Å². The Balaban J connectivity index is 2.16. The number of hydrogen-bond acceptors (Lipinski definition) is 1.